The summed E-state index contributed by atoms with van der Waals surface area (Å²) < 4.78 is 6.60. The van der Waals surface area contributed by atoms with E-state index in [1.165, 1.54) is 4.57 Å². The highest BCUT2D eigenvalue weighted by molar-refractivity contribution is 5.93. The van der Waals surface area contributed by atoms with Crippen molar-refractivity contribution >= 4 is 34.3 Å². The number of carbonyl (C=O) groups excluding carboxylic acids is 2. The first-order chi connectivity index (χ1) is 12.9. The molecule has 3 aromatic rings. The summed E-state index contributed by atoms with van der Waals surface area (Å²) in [7, 11) is 0. The lowest BCUT2D eigenvalue weighted by atomic mass is 10.2. The van der Waals surface area contributed by atoms with Gasteiger partial charge >= 0.3 is 5.76 Å². The van der Waals surface area contributed by atoms with Gasteiger partial charge in [0.15, 0.2) is 5.58 Å². The van der Waals surface area contributed by atoms with Crippen LogP contribution in [0.25, 0.3) is 11.1 Å². The van der Waals surface area contributed by atoms with Crippen molar-refractivity contribution in [2.45, 2.75) is 26.8 Å². The summed E-state index contributed by atoms with van der Waals surface area (Å²) in [6, 6.07) is 14.0. The van der Waals surface area contributed by atoms with Gasteiger partial charge in [0.05, 0.1) is 5.52 Å². The van der Waals surface area contributed by atoms with E-state index in [1.54, 1.807) is 42.5 Å². The first-order valence-corrected chi connectivity index (χ1v) is 8.73. The molecule has 3 rings (SSSR count). The summed E-state index contributed by atoms with van der Waals surface area (Å²) in [4.78, 5) is 35.8. The molecule has 0 radical (unpaired) electrons. The average Bonchev–Trinajstić information content (AvgIpc) is 2.96. The van der Waals surface area contributed by atoms with Gasteiger partial charge in [0.1, 0.15) is 0 Å². The molecule has 0 bridgehead atoms. The Morgan fingerprint density at radius 2 is 1.63 bits per heavy atom. The fourth-order valence-corrected chi connectivity index (χ4v) is 2.59. The van der Waals surface area contributed by atoms with Crippen LogP contribution in [0.5, 0.6) is 0 Å². The lowest BCUT2D eigenvalue weighted by Crippen LogP contribution is -2.20. The molecule has 2 N–H and O–H groups in total. The Labute approximate surface area is 156 Å². The predicted molar refractivity (Wildman–Crippen MR) is 104 cm³/mol. The average molecular weight is 367 g/mol. The number of aromatic nitrogens is 1. The quantitative estimate of drug-likeness (QED) is 0.699. The van der Waals surface area contributed by atoms with Crippen LogP contribution in [-0.2, 0) is 16.1 Å². The molecular formula is C20H21N3O4. The third-order valence-corrected chi connectivity index (χ3v) is 4.10. The Balaban J connectivity index is 1.58. The van der Waals surface area contributed by atoms with Crippen molar-refractivity contribution in [1.29, 1.82) is 0 Å². The van der Waals surface area contributed by atoms with E-state index >= 15 is 0 Å². The Bertz CT molecular complexity index is 1020. The third-order valence-electron chi connectivity index (χ3n) is 4.10. The van der Waals surface area contributed by atoms with Crippen molar-refractivity contribution in [3.05, 3.63) is 59.1 Å². The molecule has 7 heteroatoms. The van der Waals surface area contributed by atoms with Crippen LogP contribution in [0.3, 0.4) is 0 Å². The molecule has 0 aliphatic heterocycles. The lowest BCUT2D eigenvalue weighted by molar-refractivity contribution is -0.119. The molecule has 0 saturated heterocycles. The number of aryl methyl sites for hydroxylation is 1. The van der Waals surface area contributed by atoms with Gasteiger partial charge in [0.25, 0.3) is 0 Å². The molecule has 27 heavy (non-hydrogen) atoms. The van der Waals surface area contributed by atoms with Crippen LogP contribution in [0.4, 0.5) is 11.4 Å². The summed E-state index contributed by atoms with van der Waals surface area (Å²) in [5.74, 6) is -0.864. The van der Waals surface area contributed by atoms with E-state index in [0.29, 0.717) is 22.5 Å². The molecule has 2 aromatic carbocycles. The standard InChI is InChI=1S/C20H21N3O4/c1-13(2)19(25)22-15-9-7-14(8-10-15)21-18(24)11-12-23-16-5-3-4-6-17(16)27-20(23)26/h3-10,13H,11-12H2,1-2H3,(H,21,24)(H,22,25). The molecule has 0 spiro atoms. The Morgan fingerprint density at radius 1 is 1.00 bits per heavy atom. The second-order valence-corrected chi connectivity index (χ2v) is 6.51. The Kier molecular flexibility index (Phi) is 5.40. The summed E-state index contributed by atoms with van der Waals surface area (Å²) >= 11 is 0. The topological polar surface area (TPSA) is 93.3 Å². The first-order valence-electron chi connectivity index (χ1n) is 8.73. The number of anilines is 2. The zero-order chi connectivity index (χ0) is 19.4. The van der Waals surface area contributed by atoms with Crippen molar-refractivity contribution in [2.75, 3.05) is 10.6 Å². The summed E-state index contributed by atoms with van der Waals surface area (Å²) in [5, 5.41) is 5.57. The van der Waals surface area contributed by atoms with Crippen molar-refractivity contribution in [3.8, 4) is 0 Å². The van der Waals surface area contributed by atoms with Crippen molar-refractivity contribution in [1.82, 2.24) is 4.57 Å². The second kappa shape index (κ2) is 7.90. The molecule has 0 aliphatic carbocycles. The lowest BCUT2D eigenvalue weighted by Gasteiger charge is -2.09. The maximum atomic E-state index is 12.2. The number of nitrogens with one attached hydrogen (secondary N) is 2. The van der Waals surface area contributed by atoms with E-state index in [4.69, 9.17) is 4.42 Å². The molecule has 7 nitrogen and oxygen atoms in total. The van der Waals surface area contributed by atoms with Gasteiger partial charge in [0.2, 0.25) is 11.8 Å². The van der Waals surface area contributed by atoms with Crippen LogP contribution in [0, 0.1) is 5.92 Å². The van der Waals surface area contributed by atoms with Crippen LogP contribution in [0.2, 0.25) is 0 Å². The van der Waals surface area contributed by atoms with Gasteiger partial charge in [-0.2, -0.15) is 0 Å². The maximum Gasteiger partial charge on any atom is 0.419 e. The normalized spacial score (nSPS) is 10.9. The number of benzene rings is 2. The van der Waals surface area contributed by atoms with E-state index in [-0.39, 0.29) is 30.7 Å². The fourth-order valence-electron chi connectivity index (χ4n) is 2.59. The molecule has 1 heterocycles. The second-order valence-electron chi connectivity index (χ2n) is 6.51. The number of fused-ring (bicyclic) bond motifs is 1. The Hall–Kier alpha value is -3.35. The number of hydrogen-bond donors (Lipinski definition) is 2. The molecule has 140 valence electrons. The largest absolute Gasteiger partial charge is 0.419 e. The van der Waals surface area contributed by atoms with E-state index in [0.717, 1.165) is 0 Å². The summed E-state index contributed by atoms with van der Waals surface area (Å²) in [6.45, 7) is 3.86. The van der Waals surface area contributed by atoms with E-state index in [1.807, 2.05) is 19.9 Å². The molecule has 0 aliphatic rings. The fraction of sp³-hybridized carbons (Fsp3) is 0.250. The van der Waals surface area contributed by atoms with E-state index in [2.05, 4.69) is 10.6 Å². The Morgan fingerprint density at radius 3 is 2.30 bits per heavy atom. The van der Waals surface area contributed by atoms with Gasteiger partial charge in [-0.05, 0) is 36.4 Å². The van der Waals surface area contributed by atoms with Crippen LogP contribution in [0.1, 0.15) is 20.3 Å². The molecule has 0 saturated carbocycles. The van der Waals surface area contributed by atoms with Gasteiger partial charge in [-0.3, -0.25) is 14.2 Å². The molecule has 1 aromatic heterocycles. The zero-order valence-corrected chi connectivity index (χ0v) is 15.2. The minimum atomic E-state index is -0.478. The molecule has 2 amide bonds. The number of hydrogen-bond acceptors (Lipinski definition) is 4. The van der Waals surface area contributed by atoms with Gasteiger partial charge in [-0.15, -0.1) is 0 Å². The number of rotatable bonds is 6. The van der Waals surface area contributed by atoms with E-state index in [9.17, 15) is 14.4 Å². The van der Waals surface area contributed by atoms with Crippen LogP contribution >= 0.6 is 0 Å². The van der Waals surface area contributed by atoms with Crippen LogP contribution < -0.4 is 16.4 Å². The van der Waals surface area contributed by atoms with Gasteiger partial charge < -0.3 is 15.1 Å². The van der Waals surface area contributed by atoms with Crippen LogP contribution in [0.15, 0.2) is 57.7 Å². The highest BCUT2D eigenvalue weighted by atomic mass is 16.4. The van der Waals surface area contributed by atoms with Crippen molar-refractivity contribution in [3.63, 3.8) is 0 Å². The smallest absolute Gasteiger partial charge is 0.408 e. The van der Waals surface area contributed by atoms with Gasteiger partial charge in [-0.25, -0.2) is 4.79 Å². The summed E-state index contributed by atoms with van der Waals surface area (Å²) in [5.41, 5.74) is 2.46. The monoisotopic (exact) mass is 367 g/mol. The maximum absolute atomic E-state index is 12.2. The number of amides is 2. The number of nitrogens with zero attached hydrogens (tertiary/aromatic N) is 1. The van der Waals surface area contributed by atoms with Gasteiger partial charge in [0, 0.05) is 30.3 Å². The van der Waals surface area contributed by atoms with Crippen LogP contribution in [-0.4, -0.2) is 16.4 Å². The zero-order valence-electron chi connectivity index (χ0n) is 15.2. The van der Waals surface area contributed by atoms with Gasteiger partial charge in [-0.1, -0.05) is 26.0 Å². The third kappa shape index (κ3) is 4.44. The predicted octanol–water partition coefficient (Wildman–Crippen LogP) is 3.22. The van der Waals surface area contributed by atoms with Crippen molar-refractivity contribution in [2.24, 2.45) is 5.92 Å². The highest BCUT2D eigenvalue weighted by Crippen LogP contribution is 2.15. The SMILES string of the molecule is CC(C)C(=O)Nc1ccc(NC(=O)CCn2c(=O)oc3ccccc32)cc1. The van der Waals surface area contributed by atoms with E-state index < -0.39 is 5.76 Å². The van der Waals surface area contributed by atoms with Crippen molar-refractivity contribution < 1.29 is 14.0 Å². The number of oxazole rings is 1. The minimum absolute atomic E-state index is 0.0652. The first kappa shape index (κ1) is 18.4. The summed E-state index contributed by atoms with van der Waals surface area (Å²) in [6.07, 6.45) is 0.134. The number of para-hydroxylation sites is 2. The molecular weight excluding hydrogens is 346 g/mol. The molecule has 0 unspecified atom stereocenters. The number of carbonyl (C=O) groups is 2. The minimum Gasteiger partial charge on any atom is -0.408 e. The molecule has 0 atom stereocenters. The highest BCUT2D eigenvalue weighted by Gasteiger charge is 2.11. The molecule has 0 fully saturated rings.